The standard InChI is InChI=1S/C31H28N2O3/c1-17-15-21-19-10-6-8-12-23(19)33(28(21)25(16-17)35-4)29-26-24(36-31(2,3)30(29)34)14-13-20-18-9-5-7-11-22(18)32-27(20)26/h5-16,29-30,32,34H,1-4H3/t29-,30+/m0/s1. The van der Waals surface area contributed by atoms with E-state index in [0.717, 1.165) is 66.2 Å². The van der Waals surface area contributed by atoms with Crippen LogP contribution < -0.4 is 9.47 Å². The third-order valence-electron chi connectivity index (χ3n) is 7.77. The topological polar surface area (TPSA) is 59.4 Å². The minimum atomic E-state index is -0.813. The number of hydrogen-bond donors (Lipinski definition) is 2. The Kier molecular flexibility index (Phi) is 4.31. The van der Waals surface area contributed by atoms with Crippen molar-refractivity contribution < 1.29 is 14.6 Å². The number of para-hydroxylation sites is 2. The summed E-state index contributed by atoms with van der Waals surface area (Å²) in [6.45, 7) is 6.00. The lowest BCUT2D eigenvalue weighted by atomic mass is 9.85. The number of H-pyrrole nitrogens is 1. The van der Waals surface area contributed by atoms with Gasteiger partial charge in [0.25, 0.3) is 0 Å². The van der Waals surface area contributed by atoms with E-state index in [-0.39, 0.29) is 0 Å². The zero-order valence-electron chi connectivity index (χ0n) is 20.8. The molecule has 4 aromatic carbocycles. The second-order valence-electron chi connectivity index (χ2n) is 10.4. The average Bonchev–Trinajstić information content (AvgIpc) is 3.40. The summed E-state index contributed by atoms with van der Waals surface area (Å²) in [7, 11) is 1.71. The van der Waals surface area contributed by atoms with E-state index in [4.69, 9.17) is 9.47 Å². The number of aryl methyl sites for hydroxylation is 1. The van der Waals surface area contributed by atoms with Crippen LogP contribution in [0.25, 0.3) is 43.6 Å². The van der Waals surface area contributed by atoms with Crippen molar-refractivity contribution in [3.05, 3.63) is 83.9 Å². The molecule has 1 aliphatic heterocycles. The molecule has 0 saturated heterocycles. The van der Waals surface area contributed by atoms with Crippen molar-refractivity contribution in [2.24, 2.45) is 0 Å². The molecular formula is C31H28N2O3. The highest BCUT2D eigenvalue weighted by molar-refractivity contribution is 6.12. The molecule has 180 valence electrons. The number of aromatic amines is 1. The number of nitrogens with one attached hydrogen (secondary N) is 1. The number of hydrogen-bond acceptors (Lipinski definition) is 3. The lowest BCUT2D eigenvalue weighted by Crippen LogP contribution is -2.50. The largest absolute Gasteiger partial charge is 0.495 e. The molecule has 2 atom stereocenters. The molecule has 36 heavy (non-hydrogen) atoms. The molecule has 0 saturated carbocycles. The molecule has 0 unspecified atom stereocenters. The Morgan fingerprint density at radius 2 is 1.67 bits per heavy atom. The van der Waals surface area contributed by atoms with Crippen LogP contribution in [0.1, 0.15) is 31.0 Å². The first-order chi connectivity index (χ1) is 17.4. The number of benzene rings is 4. The number of nitrogens with zero attached hydrogens (tertiary/aromatic N) is 1. The average molecular weight is 477 g/mol. The lowest BCUT2D eigenvalue weighted by Gasteiger charge is -2.43. The summed E-state index contributed by atoms with van der Waals surface area (Å²) in [4.78, 5) is 3.64. The second-order valence-corrected chi connectivity index (χ2v) is 10.4. The van der Waals surface area contributed by atoms with Crippen LogP contribution in [0.5, 0.6) is 11.5 Å². The number of aliphatic hydroxyl groups is 1. The highest BCUT2D eigenvalue weighted by Crippen LogP contribution is 2.50. The van der Waals surface area contributed by atoms with Crippen LogP contribution in [0, 0.1) is 6.92 Å². The summed E-state index contributed by atoms with van der Waals surface area (Å²) < 4.78 is 14.7. The van der Waals surface area contributed by atoms with Gasteiger partial charge in [-0.3, -0.25) is 0 Å². The van der Waals surface area contributed by atoms with Crippen molar-refractivity contribution in [2.45, 2.75) is 38.5 Å². The predicted molar refractivity (Wildman–Crippen MR) is 145 cm³/mol. The Balaban J connectivity index is 1.67. The maximum absolute atomic E-state index is 12.0. The van der Waals surface area contributed by atoms with E-state index >= 15 is 0 Å². The molecule has 6 aromatic rings. The third kappa shape index (κ3) is 2.75. The molecule has 0 bridgehead atoms. The Hall–Kier alpha value is -3.96. The normalized spacial score (nSPS) is 19.1. The number of rotatable bonds is 2. The summed E-state index contributed by atoms with van der Waals surface area (Å²) >= 11 is 0. The van der Waals surface area contributed by atoms with Crippen LogP contribution in [-0.2, 0) is 0 Å². The van der Waals surface area contributed by atoms with E-state index in [1.54, 1.807) is 7.11 Å². The van der Waals surface area contributed by atoms with Crippen molar-refractivity contribution >= 4 is 43.6 Å². The van der Waals surface area contributed by atoms with E-state index in [9.17, 15) is 5.11 Å². The molecule has 7 rings (SSSR count). The molecule has 0 amide bonds. The van der Waals surface area contributed by atoms with Crippen LogP contribution in [0.4, 0.5) is 0 Å². The maximum atomic E-state index is 12.0. The van der Waals surface area contributed by atoms with Crippen LogP contribution in [-0.4, -0.2) is 33.5 Å². The van der Waals surface area contributed by atoms with Crippen molar-refractivity contribution in [1.29, 1.82) is 0 Å². The first kappa shape index (κ1) is 21.3. The van der Waals surface area contributed by atoms with Crippen molar-refractivity contribution in [2.75, 3.05) is 7.11 Å². The van der Waals surface area contributed by atoms with Crippen molar-refractivity contribution in [3.63, 3.8) is 0 Å². The zero-order chi connectivity index (χ0) is 24.8. The van der Waals surface area contributed by atoms with E-state index in [1.165, 1.54) is 0 Å². The molecule has 0 aliphatic carbocycles. The Labute approximate surface area is 208 Å². The van der Waals surface area contributed by atoms with Crippen LogP contribution in [0.15, 0.2) is 72.8 Å². The van der Waals surface area contributed by atoms with Crippen LogP contribution >= 0.6 is 0 Å². The van der Waals surface area contributed by atoms with Gasteiger partial charge in [-0.25, -0.2) is 0 Å². The number of aromatic nitrogens is 2. The Bertz CT molecular complexity index is 1820. The fourth-order valence-electron chi connectivity index (χ4n) is 6.13. The van der Waals surface area contributed by atoms with Crippen molar-refractivity contribution in [3.8, 4) is 11.5 Å². The SMILES string of the molecule is COc1cc(C)cc2c3ccccc3n([C@H]3c4c(ccc5c4[nH]c4ccccc45)OC(C)(C)[C@@H]3O)c12. The van der Waals surface area contributed by atoms with Gasteiger partial charge in [0.1, 0.15) is 23.2 Å². The Morgan fingerprint density at radius 3 is 2.47 bits per heavy atom. The molecule has 2 aromatic heterocycles. The van der Waals surface area contributed by atoms with Crippen LogP contribution in [0.3, 0.4) is 0 Å². The van der Waals surface area contributed by atoms with E-state index < -0.39 is 17.7 Å². The monoisotopic (exact) mass is 476 g/mol. The van der Waals surface area contributed by atoms with Gasteiger partial charge in [-0.15, -0.1) is 0 Å². The number of methoxy groups -OCH3 is 1. The molecular weight excluding hydrogens is 448 g/mol. The number of fused-ring (bicyclic) bond motifs is 8. The van der Waals surface area contributed by atoms with Crippen molar-refractivity contribution in [1.82, 2.24) is 9.55 Å². The first-order valence-corrected chi connectivity index (χ1v) is 12.4. The molecule has 5 nitrogen and oxygen atoms in total. The second kappa shape index (κ2) is 7.28. The van der Waals surface area contributed by atoms with Gasteiger partial charge in [0.05, 0.1) is 24.2 Å². The van der Waals surface area contributed by atoms with Gasteiger partial charge < -0.3 is 24.1 Å². The summed E-state index contributed by atoms with van der Waals surface area (Å²) in [6, 6.07) is 24.8. The van der Waals surface area contributed by atoms with E-state index in [1.807, 2.05) is 26.0 Å². The lowest BCUT2D eigenvalue weighted by molar-refractivity contribution is -0.0617. The smallest absolute Gasteiger partial charge is 0.143 e. The fraction of sp³-hybridized carbons (Fsp3) is 0.226. The summed E-state index contributed by atoms with van der Waals surface area (Å²) in [5.74, 6) is 1.58. The van der Waals surface area contributed by atoms with Gasteiger partial charge in [0.15, 0.2) is 0 Å². The third-order valence-corrected chi connectivity index (χ3v) is 7.77. The predicted octanol–water partition coefficient (Wildman–Crippen LogP) is 6.87. The minimum absolute atomic E-state index is 0.403. The van der Waals surface area contributed by atoms with Gasteiger partial charge in [0, 0.05) is 38.1 Å². The molecule has 3 heterocycles. The van der Waals surface area contributed by atoms with Gasteiger partial charge in [-0.1, -0.05) is 36.4 Å². The summed E-state index contributed by atoms with van der Waals surface area (Å²) in [6.07, 6.45) is -0.813. The van der Waals surface area contributed by atoms with E-state index in [0.29, 0.717) is 0 Å². The quantitative estimate of drug-likeness (QED) is 0.287. The first-order valence-electron chi connectivity index (χ1n) is 12.4. The number of aliphatic hydroxyl groups excluding tert-OH is 1. The summed E-state index contributed by atoms with van der Waals surface area (Å²) in [5.41, 5.74) is 5.38. The highest BCUT2D eigenvalue weighted by Gasteiger charge is 2.46. The number of ether oxygens (including phenoxy) is 2. The summed E-state index contributed by atoms with van der Waals surface area (Å²) in [5, 5.41) is 16.5. The van der Waals surface area contributed by atoms with Gasteiger partial charge in [0.2, 0.25) is 0 Å². The molecule has 1 aliphatic rings. The Morgan fingerprint density at radius 1 is 0.917 bits per heavy atom. The minimum Gasteiger partial charge on any atom is -0.495 e. The van der Waals surface area contributed by atoms with Gasteiger partial charge in [-0.05, 0) is 62.7 Å². The molecule has 0 spiro atoms. The molecule has 5 heteroatoms. The zero-order valence-corrected chi connectivity index (χ0v) is 20.8. The highest BCUT2D eigenvalue weighted by atomic mass is 16.5. The van der Waals surface area contributed by atoms with E-state index in [2.05, 4.69) is 77.1 Å². The molecule has 2 N–H and O–H groups in total. The maximum Gasteiger partial charge on any atom is 0.143 e. The van der Waals surface area contributed by atoms with Gasteiger partial charge in [-0.2, -0.15) is 0 Å². The fourth-order valence-corrected chi connectivity index (χ4v) is 6.13. The van der Waals surface area contributed by atoms with Crippen LogP contribution in [0.2, 0.25) is 0 Å². The van der Waals surface area contributed by atoms with Gasteiger partial charge >= 0.3 is 0 Å². The molecule has 0 fully saturated rings. The molecule has 0 radical (unpaired) electrons.